The lowest BCUT2D eigenvalue weighted by Gasteiger charge is -1.96. The van der Waals surface area contributed by atoms with Crippen LogP contribution in [0.25, 0.3) is 0 Å². The predicted molar refractivity (Wildman–Crippen MR) is 59.5 cm³/mol. The highest BCUT2D eigenvalue weighted by molar-refractivity contribution is 9.09. The van der Waals surface area contributed by atoms with Crippen LogP contribution in [0.5, 0.6) is 0 Å². The third-order valence-corrected chi connectivity index (χ3v) is 2.28. The number of hydrogen-bond acceptors (Lipinski definition) is 1. The van der Waals surface area contributed by atoms with Gasteiger partial charge in [-0.3, -0.25) is 0 Å². The summed E-state index contributed by atoms with van der Waals surface area (Å²) < 4.78 is 0. The van der Waals surface area contributed by atoms with E-state index in [1.54, 1.807) is 12.3 Å². The predicted octanol–water partition coefficient (Wildman–Crippen LogP) is 3.52. The summed E-state index contributed by atoms with van der Waals surface area (Å²) >= 11 is 14.9. The van der Waals surface area contributed by atoms with E-state index >= 15 is 0 Å². The molecule has 0 N–H and O–H groups in total. The summed E-state index contributed by atoms with van der Waals surface area (Å²) in [5.74, 6) is 5.80. The highest BCUT2D eigenvalue weighted by atomic mass is 79.9. The van der Waals surface area contributed by atoms with Crippen LogP contribution in [-0.4, -0.2) is 10.3 Å². The maximum atomic E-state index is 5.87. The Bertz CT molecular complexity index is 334. The van der Waals surface area contributed by atoms with Crippen LogP contribution in [0.1, 0.15) is 12.0 Å². The molecule has 0 saturated carbocycles. The number of pyridine rings is 1. The molecule has 0 bridgehead atoms. The molecule has 0 radical (unpaired) electrons. The van der Waals surface area contributed by atoms with Gasteiger partial charge in [0.15, 0.2) is 0 Å². The minimum atomic E-state index is 0.356. The SMILES string of the molecule is Clc1ccnc(Cl)c1C#CCCBr. The minimum Gasteiger partial charge on any atom is -0.243 e. The van der Waals surface area contributed by atoms with E-state index in [1.807, 2.05) is 0 Å². The Kier molecular flexibility index (Phi) is 4.58. The van der Waals surface area contributed by atoms with Gasteiger partial charge in [0.25, 0.3) is 0 Å². The van der Waals surface area contributed by atoms with E-state index < -0.39 is 0 Å². The van der Waals surface area contributed by atoms with Crippen LogP contribution >= 0.6 is 39.1 Å². The number of hydrogen-bond donors (Lipinski definition) is 0. The van der Waals surface area contributed by atoms with Crippen molar-refractivity contribution in [1.82, 2.24) is 4.98 Å². The maximum absolute atomic E-state index is 5.87. The van der Waals surface area contributed by atoms with Crippen molar-refractivity contribution in [2.45, 2.75) is 6.42 Å². The van der Waals surface area contributed by atoms with E-state index in [0.717, 1.165) is 11.8 Å². The number of alkyl halides is 1. The van der Waals surface area contributed by atoms with Gasteiger partial charge in [-0.05, 0) is 6.07 Å². The van der Waals surface area contributed by atoms with Gasteiger partial charge in [0.1, 0.15) is 5.15 Å². The molecule has 0 aliphatic carbocycles. The molecule has 1 aromatic heterocycles. The van der Waals surface area contributed by atoms with E-state index in [1.165, 1.54) is 0 Å². The Morgan fingerprint density at radius 3 is 2.85 bits per heavy atom. The van der Waals surface area contributed by atoms with Gasteiger partial charge < -0.3 is 0 Å². The summed E-state index contributed by atoms with van der Waals surface area (Å²) in [5, 5.41) is 1.74. The second-order valence-corrected chi connectivity index (χ2v) is 3.76. The van der Waals surface area contributed by atoms with Crippen LogP contribution in [0.2, 0.25) is 10.2 Å². The molecule has 13 heavy (non-hydrogen) atoms. The van der Waals surface area contributed by atoms with Gasteiger partial charge in [0, 0.05) is 17.9 Å². The third-order valence-electron chi connectivity index (χ3n) is 1.29. The lowest BCUT2D eigenvalue weighted by atomic mass is 10.3. The fraction of sp³-hybridized carbons (Fsp3) is 0.222. The number of nitrogens with zero attached hydrogens (tertiary/aromatic N) is 1. The second-order valence-electron chi connectivity index (χ2n) is 2.20. The monoisotopic (exact) mass is 277 g/mol. The molecule has 1 rings (SSSR count). The zero-order valence-electron chi connectivity index (χ0n) is 6.65. The lowest BCUT2D eigenvalue weighted by molar-refractivity contribution is 1.30. The Morgan fingerprint density at radius 1 is 1.46 bits per heavy atom. The van der Waals surface area contributed by atoms with Crippen molar-refractivity contribution in [1.29, 1.82) is 0 Å². The van der Waals surface area contributed by atoms with Crippen LogP contribution in [0, 0.1) is 11.8 Å². The first kappa shape index (κ1) is 10.8. The van der Waals surface area contributed by atoms with E-state index in [0.29, 0.717) is 15.7 Å². The van der Waals surface area contributed by atoms with Crippen LogP contribution in [0.15, 0.2) is 12.3 Å². The van der Waals surface area contributed by atoms with Gasteiger partial charge in [-0.2, -0.15) is 0 Å². The molecule has 1 nitrogen and oxygen atoms in total. The summed E-state index contributed by atoms with van der Waals surface area (Å²) in [4.78, 5) is 3.89. The zero-order chi connectivity index (χ0) is 9.68. The van der Waals surface area contributed by atoms with Crippen LogP contribution in [0.4, 0.5) is 0 Å². The average Bonchev–Trinajstić information content (AvgIpc) is 2.10. The van der Waals surface area contributed by atoms with Crippen LogP contribution < -0.4 is 0 Å². The van der Waals surface area contributed by atoms with Crippen molar-refractivity contribution >= 4 is 39.1 Å². The van der Waals surface area contributed by atoms with Gasteiger partial charge in [0.2, 0.25) is 0 Å². The molecule has 1 heterocycles. The summed E-state index contributed by atoms with van der Waals surface area (Å²) in [5.41, 5.74) is 0.604. The van der Waals surface area contributed by atoms with Gasteiger partial charge in [0.05, 0.1) is 10.6 Å². The standard InChI is InChI=1S/C9H6BrCl2N/c10-5-2-1-3-7-8(11)4-6-13-9(7)12/h4,6H,2,5H2. The molecule has 0 aromatic carbocycles. The van der Waals surface area contributed by atoms with Gasteiger partial charge >= 0.3 is 0 Å². The molecule has 0 atom stereocenters. The lowest BCUT2D eigenvalue weighted by Crippen LogP contribution is -1.83. The first-order valence-corrected chi connectivity index (χ1v) is 5.48. The molecule has 0 fully saturated rings. The molecule has 0 spiro atoms. The summed E-state index contributed by atoms with van der Waals surface area (Å²) in [6, 6.07) is 1.67. The third kappa shape index (κ3) is 3.19. The van der Waals surface area contributed by atoms with E-state index in [2.05, 4.69) is 32.8 Å². The van der Waals surface area contributed by atoms with E-state index in [-0.39, 0.29) is 0 Å². The molecule has 4 heteroatoms. The zero-order valence-corrected chi connectivity index (χ0v) is 9.75. The highest BCUT2D eigenvalue weighted by Crippen LogP contribution is 2.20. The first-order chi connectivity index (χ1) is 6.25. The Hall–Kier alpha value is -0.230. The van der Waals surface area contributed by atoms with Crippen molar-refractivity contribution in [2.24, 2.45) is 0 Å². The van der Waals surface area contributed by atoms with Crippen molar-refractivity contribution in [3.05, 3.63) is 28.0 Å². The van der Waals surface area contributed by atoms with E-state index in [9.17, 15) is 0 Å². The van der Waals surface area contributed by atoms with Crippen LogP contribution in [-0.2, 0) is 0 Å². The molecular weight excluding hydrogens is 273 g/mol. The second kappa shape index (κ2) is 5.49. The normalized spacial score (nSPS) is 9.15. The Balaban J connectivity index is 2.95. The average molecular weight is 279 g/mol. The largest absolute Gasteiger partial charge is 0.243 e. The Morgan fingerprint density at radius 2 is 2.23 bits per heavy atom. The number of rotatable bonds is 1. The van der Waals surface area contributed by atoms with Crippen LogP contribution in [0.3, 0.4) is 0 Å². The van der Waals surface area contributed by atoms with Crippen molar-refractivity contribution in [2.75, 3.05) is 5.33 Å². The maximum Gasteiger partial charge on any atom is 0.146 e. The molecular formula is C9H6BrCl2N. The smallest absolute Gasteiger partial charge is 0.146 e. The highest BCUT2D eigenvalue weighted by Gasteiger charge is 2.01. The summed E-state index contributed by atoms with van der Waals surface area (Å²) in [6.45, 7) is 0. The number of aromatic nitrogens is 1. The van der Waals surface area contributed by atoms with E-state index in [4.69, 9.17) is 23.2 Å². The van der Waals surface area contributed by atoms with Gasteiger partial charge in [-0.1, -0.05) is 51.0 Å². The van der Waals surface area contributed by atoms with Crippen molar-refractivity contribution in [3.63, 3.8) is 0 Å². The molecule has 0 aliphatic rings. The molecule has 0 saturated heterocycles. The van der Waals surface area contributed by atoms with Gasteiger partial charge in [-0.15, -0.1) is 0 Å². The topological polar surface area (TPSA) is 12.9 Å². The quantitative estimate of drug-likeness (QED) is 0.435. The minimum absolute atomic E-state index is 0.356. The number of halogens is 3. The fourth-order valence-electron chi connectivity index (χ4n) is 0.724. The summed E-state index contributed by atoms with van der Waals surface area (Å²) in [7, 11) is 0. The first-order valence-electron chi connectivity index (χ1n) is 3.60. The molecule has 0 aliphatic heterocycles. The summed E-state index contributed by atoms with van der Waals surface area (Å²) in [6.07, 6.45) is 2.32. The molecule has 1 aromatic rings. The Labute approximate surface area is 95.6 Å². The molecule has 68 valence electrons. The van der Waals surface area contributed by atoms with Crippen molar-refractivity contribution < 1.29 is 0 Å². The molecule has 0 amide bonds. The van der Waals surface area contributed by atoms with Gasteiger partial charge in [-0.25, -0.2) is 4.98 Å². The van der Waals surface area contributed by atoms with Crippen molar-refractivity contribution in [3.8, 4) is 11.8 Å². The fourth-order valence-corrected chi connectivity index (χ4v) is 1.37. The molecule has 0 unspecified atom stereocenters.